The van der Waals surface area contributed by atoms with E-state index in [1.807, 2.05) is 0 Å². The van der Waals surface area contributed by atoms with Crippen molar-refractivity contribution in [2.45, 2.75) is 0 Å². The Labute approximate surface area is 101 Å². The van der Waals surface area contributed by atoms with E-state index in [-0.39, 0.29) is 16.9 Å². The maximum Gasteiger partial charge on any atom is 0.257 e. The average Bonchev–Trinajstić information content (AvgIpc) is 2.27. The number of nitrogens with one attached hydrogen (secondary N) is 1. The third kappa shape index (κ3) is 2.60. The summed E-state index contributed by atoms with van der Waals surface area (Å²) < 4.78 is 25.9. The standard InChI is InChI=1S/C12H9F2N3O/c13-7-3-8(14)5-9(4-7)17-12(18)10-1-2-16-6-11(10)15/h1-6H,15H2,(H,17,18). The Balaban J connectivity index is 2.24. The number of hydrogen-bond donors (Lipinski definition) is 2. The number of hydrogen-bond acceptors (Lipinski definition) is 3. The molecule has 92 valence electrons. The summed E-state index contributed by atoms with van der Waals surface area (Å²) in [5, 5.41) is 2.35. The lowest BCUT2D eigenvalue weighted by molar-refractivity contribution is 0.102. The topological polar surface area (TPSA) is 68.0 Å². The second kappa shape index (κ2) is 4.79. The fourth-order valence-corrected chi connectivity index (χ4v) is 1.44. The molecule has 0 aliphatic carbocycles. The van der Waals surface area contributed by atoms with Crippen molar-refractivity contribution < 1.29 is 13.6 Å². The van der Waals surface area contributed by atoms with Crippen LogP contribution in [0.15, 0.2) is 36.7 Å². The fourth-order valence-electron chi connectivity index (χ4n) is 1.44. The van der Waals surface area contributed by atoms with Crippen LogP contribution in [0.25, 0.3) is 0 Å². The normalized spacial score (nSPS) is 10.1. The molecular weight excluding hydrogens is 240 g/mol. The van der Waals surface area contributed by atoms with Crippen LogP contribution in [0.5, 0.6) is 0 Å². The van der Waals surface area contributed by atoms with Gasteiger partial charge in [0.15, 0.2) is 0 Å². The Morgan fingerprint density at radius 1 is 1.22 bits per heavy atom. The lowest BCUT2D eigenvalue weighted by atomic mass is 10.2. The highest BCUT2D eigenvalue weighted by molar-refractivity contribution is 6.07. The number of nitrogen functional groups attached to an aromatic ring is 1. The van der Waals surface area contributed by atoms with Crippen LogP contribution >= 0.6 is 0 Å². The number of amides is 1. The number of pyridine rings is 1. The summed E-state index contributed by atoms with van der Waals surface area (Å²) in [6, 6.07) is 4.16. The van der Waals surface area contributed by atoms with Crippen LogP contribution in [-0.2, 0) is 0 Å². The highest BCUT2D eigenvalue weighted by Crippen LogP contribution is 2.16. The third-order valence-electron chi connectivity index (χ3n) is 2.22. The van der Waals surface area contributed by atoms with Crippen molar-refractivity contribution >= 4 is 17.3 Å². The number of aromatic nitrogens is 1. The zero-order valence-electron chi connectivity index (χ0n) is 9.15. The van der Waals surface area contributed by atoms with Gasteiger partial charge in [-0.3, -0.25) is 9.78 Å². The molecule has 1 heterocycles. The average molecular weight is 249 g/mol. The van der Waals surface area contributed by atoms with Crippen molar-refractivity contribution in [2.75, 3.05) is 11.1 Å². The van der Waals surface area contributed by atoms with E-state index >= 15 is 0 Å². The fraction of sp³-hybridized carbons (Fsp3) is 0. The first kappa shape index (κ1) is 12.0. The minimum absolute atomic E-state index is 0.0220. The van der Waals surface area contributed by atoms with Gasteiger partial charge >= 0.3 is 0 Å². The van der Waals surface area contributed by atoms with E-state index in [0.29, 0.717) is 0 Å². The molecule has 18 heavy (non-hydrogen) atoms. The molecule has 0 fully saturated rings. The second-order valence-corrected chi connectivity index (χ2v) is 3.58. The number of halogens is 2. The minimum atomic E-state index is -0.770. The number of rotatable bonds is 2. The highest BCUT2D eigenvalue weighted by Gasteiger charge is 2.10. The van der Waals surface area contributed by atoms with Gasteiger partial charge in [0.2, 0.25) is 0 Å². The summed E-state index contributed by atoms with van der Waals surface area (Å²) >= 11 is 0. The number of carbonyl (C=O) groups is 1. The summed E-state index contributed by atoms with van der Waals surface area (Å²) in [4.78, 5) is 15.5. The van der Waals surface area contributed by atoms with E-state index < -0.39 is 17.5 Å². The van der Waals surface area contributed by atoms with Gasteiger partial charge in [-0.2, -0.15) is 0 Å². The zero-order chi connectivity index (χ0) is 13.1. The van der Waals surface area contributed by atoms with Gasteiger partial charge in [0.1, 0.15) is 11.6 Å². The molecule has 0 saturated carbocycles. The van der Waals surface area contributed by atoms with Crippen molar-refractivity contribution in [3.63, 3.8) is 0 Å². The molecule has 0 saturated heterocycles. The maximum atomic E-state index is 12.9. The second-order valence-electron chi connectivity index (χ2n) is 3.58. The summed E-state index contributed by atoms with van der Waals surface area (Å²) in [6.07, 6.45) is 2.72. The largest absolute Gasteiger partial charge is 0.397 e. The first-order valence-corrected chi connectivity index (χ1v) is 5.03. The summed E-state index contributed by atoms with van der Waals surface area (Å²) in [7, 11) is 0. The molecule has 1 amide bonds. The molecule has 0 bridgehead atoms. The van der Waals surface area contributed by atoms with Gasteiger partial charge in [0.25, 0.3) is 5.91 Å². The number of benzene rings is 1. The van der Waals surface area contributed by atoms with Crippen molar-refractivity contribution in [1.82, 2.24) is 4.98 Å². The van der Waals surface area contributed by atoms with E-state index in [2.05, 4.69) is 10.3 Å². The van der Waals surface area contributed by atoms with Gasteiger partial charge in [-0.1, -0.05) is 0 Å². The number of carbonyl (C=O) groups excluding carboxylic acids is 1. The van der Waals surface area contributed by atoms with Crippen molar-refractivity contribution in [3.05, 3.63) is 53.9 Å². The van der Waals surface area contributed by atoms with Crippen molar-refractivity contribution in [1.29, 1.82) is 0 Å². The van der Waals surface area contributed by atoms with Gasteiger partial charge in [-0.15, -0.1) is 0 Å². The highest BCUT2D eigenvalue weighted by atomic mass is 19.1. The van der Waals surface area contributed by atoms with Gasteiger partial charge in [-0.25, -0.2) is 8.78 Å². The molecule has 0 atom stereocenters. The Morgan fingerprint density at radius 3 is 2.50 bits per heavy atom. The van der Waals surface area contributed by atoms with Gasteiger partial charge in [0.05, 0.1) is 17.4 Å². The van der Waals surface area contributed by atoms with Crippen molar-refractivity contribution in [2.24, 2.45) is 0 Å². The van der Waals surface area contributed by atoms with Crippen LogP contribution < -0.4 is 11.1 Å². The molecule has 2 rings (SSSR count). The molecule has 0 spiro atoms. The van der Waals surface area contributed by atoms with E-state index in [1.165, 1.54) is 18.5 Å². The Bertz CT molecular complexity index is 581. The molecule has 1 aromatic heterocycles. The third-order valence-corrected chi connectivity index (χ3v) is 2.22. The monoisotopic (exact) mass is 249 g/mol. The van der Waals surface area contributed by atoms with E-state index in [9.17, 15) is 13.6 Å². The summed E-state index contributed by atoms with van der Waals surface area (Å²) in [5.74, 6) is -2.10. The Hall–Kier alpha value is -2.50. The number of anilines is 2. The molecule has 1 aromatic carbocycles. The van der Waals surface area contributed by atoms with E-state index in [0.717, 1.165) is 18.2 Å². The molecule has 0 radical (unpaired) electrons. The molecule has 2 aromatic rings. The lowest BCUT2D eigenvalue weighted by Crippen LogP contribution is -2.14. The first-order chi connectivity index (χ1) is 8.56. The predicted molar refractivity (Wildman–Crippen MR) is 63.0 cm³/mol. The van der Waals surface area contributed by atoms with Gasteiger partial charge in [0, 0.05) is 18.0 Å². The quantitative estimate of drug-likeness (QED) is 0.857. The smallest absolute Gasteiger partial charge is 0.257 e. The molecule has 6 heteroatoms. The Morgan fingerprint density at radius 2 is 1.89 bits per heavy atom. The van der Waals surface area contributed by atoms with Crippen LogP contribution in [0, 0.1) is 11.6 Å². The zero-order valence-corrected chi connectivity index (χ0v) is 9.15. The van der Waals surface area contributed by atoms with Crippen LogP contribution in [-0.4, -0.2) is 10.9 Å². The maximum absolute atomic E-state index is 12.9. The van der Waals surface area contributed by atoms with Gasteiger partial charge in [-0.05, 0) is 18.2 Å². The molecule has 4 nitrogen and oxygen atoms in total. The molecular formula is C12H9F2N3O. The SMILES string of the molecule is Nc1cnccc1C(=O)Nc1cc(F)cc(F)c1. The van der Waals surface area contributed by atoms with Crippen LogP contribution in [0.1, 0.15) is 10.4 Å². The first-order valence-electron chi connectivity index (χ1n) is 5.03. The molecule has 0 aliphatic heterocycles. The summed E-state index contributed by atoms with van der Waals surface area (Å²) in [5.41, 5.74) is 5.96. The van der Waals surface area contributed by atoms with Crippen LogP contribution in [0.3, 0.4) is 0 Å². The minimum Gasteiger partial charge on any atom is -0.397 e. The lowest BCUT2D eigenvalue weighted by Gasteiger charge is -2.07. The number of nitrogens with zero attached hydrogens (tertiary/aromatic N) is 1. The van der Waals surface area contributed by atoms with Crippen LogP contribution in [0.2, 0.25) is 0 Å². The Kier molecular flexibility index (Phi) is 3.18. The van der Waals surface area contributed by atoms with E-state index in [4.69, 9.17) is 5.73 Å². The number of nitrogens with two attached hydrogens (primary N) is 1. The van der Waals surface area contributed by atoms with Gasteiger partial charge < -0.3 is 11.1 Å². The van der Waals surface area contributed by atoms with Crippen molar-refractivity contribution in [3.8, 4) is 0 Å². The molecule has 3 N–H and O–H groups in total. The van der Waals surface area contributed by atoms with Crippen LogP contribution in [0.4, 0.5) is 20.2 Å². The molecule has 0 aliphatic rings. The van der Waals surface area contributed by atoms with E-state index in [1.54, 1.807) is 0 Å². The predicted octanol–water partition coefficient (Wildman–Crippen LogP) is 2.19. The molecule has 0 unspecified atom stereocenters. The summed E-state index contributed by atoms with van der Waals surface area (Å²) in [6.45, 7) is 0.